The molecule has 0 atom stereocenters. The molecule has 0 N–H and O–H groups in total. The van der Waals surface area contributed by atoms with Crippen molar-refractivity contribution in [2.24, 2.45) is 0 Å². The van der Waals surface area contributed by atoms with Crippen LogP contribution >= 0.6 is 11.3 Å². The van der Waals surface area contributed by atoms with Gasteiger partial charge >= 0.3 is 0 Å². The molecule has 1 aliphatic carbocycles. The van der Waals surface area contributed by atoms with Gasteiger partial charge in [-0.1, -0.05) is 208 Å². The van der Waals surface area contributed by atoms with Gasteiger partial charge in [0, 0.05) is 156 Å². The molecule has 11 aromatic heterocycles. The Morgan fingerprint density at radius 2 is 0.533 bits per heavy atom. The van der Waals surface area contributed by atoms with Crippen molar-refractivity contribution in [3.8, 4) is 11.1 Å². The summed E-state index contributed by atoms with van der Waals surface area (Å²) in [6.45, 7) is 4.64. The molecule has 0 unspecified atom stereocenters. The molecular weight excluding hydrogens is 1520 g/mol. The Bertz CT molecular complexity index is 8070. The minimum absolute atomic E-state index is 0.0485. The van der Waals surface area contributed by atoms with Crippen LogP contribution in [0.1, 0.15) is 25.0 Å². The number of furan rings is 4. The van der Waals surface area contributed by atoms with Crippen LogP contribution in [0.3, 0.4) is 0 Å². The van der Waals surface area contributed by atoms with Crippen molar-refractivity contribution in [2.75, 3.05) is 14.7 Å². The Labute approximate surface area is 700 Å². The second-order valence-corrected chi connectivity index (χ2v) is 33.2. The number of hydrogen-bond acceptors (Lipinski definition) is 11. The van der Waals surface area contributed by atoms with E-state index in [9.17, 15) is 0 Å². The minimum atomic E-state index is -0.0485. The quantitative estimate of drug-likeness (QED) is 0.138. The van der Waals surface area contributed by atoms with Crippen molar-refractivity contribution in [1.29, 1.82) is 0 Å². The molecule has 0 fully saturated rings. The van der Waals surface area contributed by atoms with Crippen molar-refractivity contribution < 1.29 is 17.7 Å². The lowest BCUT2D eigenvalue weighted by atomic mass is 9.82. The number of anilines is 9. The summed E-state index contributed by atoms with van der Waals surface area (Å²) in [5, 5.41) is 33.6. The van der Waals surface area contributed by atoms with Crippen LogP contribution < -0.4 is 14.7 Å². The number of thiophene rings is 1. The number of hydrogen-bond donors (Lipinski definition) is 0. The van der Waals surface area contributed by atoms with Gasteiger partial charge in [-0.05, 0) is 190 Å². The SMILES string of the molecule is CC1(C)c2ccccc2-c2cc(N(c3ccc4oc5ccccc5c4c3)c3cc4cc5ccccc5cn4n3)ccc21.c1ccc2cn3nc(N(c4ccc5oc6ccccc6c5c4)c4ccc5oc6ccccc6c5c4)cc3cc2c1.c1ccc2cn3nc(N(c4ccc5oc6ccccc6c5c4)c4ccc5sc6ccccc6c5c4)cc3cc2c1. The van der Waals surface area contributed by atoms with Gasteiger partial charge in [0.05, 0.1) is 16.6 Å². The number of rotatable bonds is 9. The Morgan fingerprint density at radius 3 is 0.943 bits per heavy atom. The summed E-state index contributed by atoms with van der Waals surface area (Å²) in [6.07, 6.45) is 6.31. The molecular formula is C108H69N9O4S. The van der Waals surface area contributed by atoms with Crippen LogP contribution in [-0.4, -0.2) is 28.8 Å². The van der Waals surface area contributed by atoms with E-state index in [-0.39, 0.29) is 5.41 Å². The molecule has 13 nitrogen and oxygen atoms in total. The summed E-state index contributed by atoms with van der Waals surface area (Å²) in [7, 11) is 0. The van der Waals surface area contributed by atoms with Gasteiger partial charge in [0.25, 0.3) is 0 Å². The third kappa shape index (κ3) is 11.3. The average molecular weight is 1590 g/mol. The summed E-state index contributed by atoms with van der Waals surface area (Å²) in [6, 6.07) is 128. The van der Waals surface area contributed by atoms with Crippen molar-refractivity contribution >= 4 is 220 Å². The van der Waals surface area contributed by atoms with Gasteiger partial charge in [-0.25, -0.2) is 13.5 Å². The molecule has 0 spiro atoms. The normalized spacial score (nSPS) is 12.6. The zero-order valence-electron chi connectivity index (χ0n) is 65.9. The van der Waals surface area contributed by atoms with Gasteiger partial charge in [-0.2, -0.15) is 0 Å². The van der Waals surface area contributed by atoms with E-state index in [4.69, 9.17) is 33.0 Å². The van der Waals surface area contributed by atoms with Crippen LogP contribution in [0.4, 0.5) is 51.6 Å². The number of para-hydroxylation sites is 4. The standard InChI is InChI=1S/C38H27N3O.C35H21N3O2.C35H21N3OS/c1-38(2)33-13-7-5-11-29(33)31-20-26(15-17-34(31)38)41(27-16-18-36-32(21-27)30-12-6-8-14-35(30)42-36)37-22-28-19-24-9-3-4-10-25(24)23-40(28)39-37;1-2-8-23-21-37-26(17-22(23)7-1)20-35(36-37)38(24-13-15-33-29(18-24)27-9-3-5-11-31(27)39-33)25-14-16-34-30(19-25)28-10-4-6-12-32(28)40-34;1-2-8-23-21-37-26(17-22(23)7-1)20-35(36-37)38(24-13-15-32-29(18-24)27-9-3-5-11-31(27)39-32)25-14-16-34-30(19-25)28-10-4-6-12-33(28)40-34/h3-23H,1-2H3;2*1-21H. The average Bonchev–Trinajstić information content (AvgIpc) is 1.57. The van der Waals surface area contributed by atoms with E-state index < -0.39 is 0 Å². The number of fused-ring (bicyclic) bond motifs is 24. The Kier molecular flexibility index (Phi) is 15.3. The fourth-order valence-corrected chi connectivity index (χ4v) is 19.7. The smallest absolute Gasteiger partial charge is 0.160 e. The number of pyridine rings is 3. The highest BCUT2D eigenvalue weighted by atomic mass is 32.1. The molecule has 1 aliphatic rings. The first-order chi connectivity index (χ1) is 60.1. The first kappa shape index (κ1) is 69.1. The molecule has 0 aliphatic heterocycles. The second-order valence-electron chi connectivity index (χ2n) is 32.1. The molecule has 0 saturated carbocycles. The summed E-state index contributed by atoms with van der Waals surface area (Å²) in [4.78, 5) is 6.73. The molecule has 122 heavy (non-hydrogen) atoms. The summed E-state index contributed by atoms with van der Waals surface area (Å²) < 4.78 is 33.1. The maximum Gasteiger partial charge on any atom is 0.160 e. The van der Waals surface area contributed by atoms with Crippen LogP contribution in [-0.2, 0) is 5.41 Å². The lowest BCUT2D eigenvalue weighted by Gasteiger charge is -2.25. The molecule has 0 amide bonds. The Hall–Kier alpha value is -16.0. The first-order valence-electron chi connectivity index (χ1n) is 41.0. The van der Waals surface area contributed by atoms with Crippen LogP contribution in [0.2, 0.25) is 0 Å². The molecule has 26 aromatic rings. The van der Waals surface area contributed by atoms with Gasteiger partial charge in [0.15, 0.2) is 17.5 Å². The number of aromatic nitrogens is 6. The van der Waals surface area contributed by atoms with Crippen LogP contribution in [0, 0.1) is 0 Å². The van der Waals surface area contributed by atoms with Gasteiger partial charge in [-0.3, -0.25) is 14.7 Å². The lowest BCUT2D eigenvalue weighted by molar-refractivity contribution is 0.660. The van der Waals surface area contributed by atoms with Crippen molar-refractivity contribution in [3.05, 3.63) is 394 Å². The van der Waals surface area contributed by atoms with Crippen LogP contribution in [0.25, 0.3) is 168 Å². The van der Waals surface area contributed by atoms with Crippen LogP contribution in [0.5, 0.6) is 0 Å². The van der Waals surface area contributed by atoms with Gasteiger partial charge in [0.1, 0.15) is 44.7 Å². The summed E-state index contributed by atoms with van der Waals surface area (Å²) >= 11 is 1.83. The molecule has 15 aromatic carbocycles. The molecule has 0 saturated heterocycles. The van der Waals surface area contributed by atoms with E-state index >= 15 is 0 Å². The highest BCUT2D eigenvalue weighted by Crippen LogP contribution is 2.52. The molecule has 27 rings (SSSR count). The fraction of sp³-hybridized carbons (Fsp3) is 0.0278. The first-order valence-corrected chi connectivity index (χ1v) is 41.8. The van der Waals surface area contributed by atoms with E-state index in [0.717, 1.165) is 172 Å². The summed E-state index contributed by atoms with van der Waals surface area (Å²) in [5.41, 5.74) is 21.6. The molecule has 0 bridgehead atoms. The number of nitrogens with zero attached hydrogens (tertiary/aromatic N) is 9. The Morgan fingerprint density at radius 1 is 0.238 bits per heavy atom. The van der Waals surface area contributed by atoms with Crippen molar-refractivity contribution in [3.63, 3.8) is 0 Å². The van der Waals surface area contributed by atoms with E-state index in [1.54, 1.807) is 0 Å². The molecule has 14 heteroatoms. The van der Waals surface area contributed by atoms with Gasteiger partial charge < -0.3 is 17.7 Å². The predicted octanol–water partition coefficient (Wildman–Crippen LogP) is 30.1. The topological polar surface area (TPSA) is 114 Å². The number of benzene rings is 15. The minimum Gasteiger partial charge on any atom is -0.456 e. The van der Waals surface area contributed by atoms with Crippen molar-refractivity contribution in [2.45, 2.75) is 19.3 Å². The van der Waals surface area contributed by atoms with E-state index in [1.165, 1.54) is 58.6 Å². The zero-order chi connectivity index (χ0) is 80.4. The maximum atomic E-state index is 6.17. The van der Waals surface area contributed by atoms with Gasteiger partial charge in [-0.15, -0.1) is 26.6 Å². The van der Waals surface area contributed by atoms with Gasteiger partial charge in [0.2, 0.25) is 0 Å². The zero-order valence-corrected chi connectivity index (χ0v) is 66.8. The lowest BCUT2D eigenvalue weighted by Crippen LogP contribution is -2.15. The maximum absolute atomic E-state index is 6.17. The highest BCUT2D eigenvalue weighted by Gasteiger charge is 2.36. The second kappa shape index (κ2) is 27.0. The van der Waals surface area contributed by atoms with E-state index in [1.807, 2.05) is 97.7 Å². The third-order valence-corrected chi connectivity index (χ3v) is 25.7. The summed E-state index contributed by atoms with van der Waals surface area (Å²) in [5.74, 6) is 2.55. The third-order valence-electron chi connectivity index (χ3n) is 24.5. The monoisotopic (exact) mass is 1590 g/mol. The van der Waals surface area contributed by atoms with Crippen molar-refractivity contribution in [1.82, 2.24) is 28.8 Å². The highest BCUT2D eigenvalue weighted by molar-refractivity contribution is 7.25. The van der Waals surface area contributed by atoms with E-state index in [2.05, 4.69) is 338 Å². The largest absolute Gasteiger partial charge is 0.456 e. The molecule has 0 radical (unpaired) electrons. The Balaban J connectivity index is 0.000000101. The fourth-order valence-electron chi connectivity index (χ4n) is 18.7. The van der Waals surface area contributed by atoms with Crippen LogP contribution in [0.15, 0.2) is 400 Å². The van der Waals surface area contributed by atoms with E-state index in [0.29, 0.717) is 0 Å². The predicted molar refractivity (Wildman–Crippen MR) is 502 cm³/mol. The molecule has 576 valence electrons. The molecule has 11 heterocycles.